The number of aromatic nitrogens is 4. The molecule has 0 aliphatic carbocycles. The fourth-order valence-electron chi connectivity index (χ4n) is 3.20. The predicted molar refractivity (Wildman–Crippen MR) is 100 cm³/mol. The van der Waals surface area contributed by atoms with Crippen LogP contribution in [-0.2, 0) is 14.1 Å². The first-order chi connectivity index (χ1) is 14.4. The molecule has 4 nitrogen and oxygen atoms in total. The second-order valence-corrected chi connectivity index (χ2v) is 6.25. The van der Waals surface area contributed by atoms with Crippen molar-refractivity contribution in [1.82, 2.24) is 14.0 Å². The Kier molecular flexibility index (Phi) is 2.28. The molecule has 0 N–H and O–H groups in total. The lowest BCUT2D eigenvalue weighted by molar-refractivity contribution is -0.660. The van der Waals surface area contributed by atoms with E-state index >= 15 is 0 Å². The zero-order valence-corrected chi connectivity index (χ0v) is 14.4. The van der Waals surface area contributed by atoms with Gasteiger partial charge >= 0.3 is 0 Å². The van der Waals surface area contributed by atoms with Crippen LogP contribution in [0.4, 0.5) is 0 Å². The Hall–Kier alpha value is -2.88. The van der Waals surface area contributed by atoms with Gasteiger partial charge in [0.2, 0.25) is 11.5 Å². The quantitative estimate of drug-likeness (QED) is 0.512. The SMILES string of the molecule is [2H]C([2H])([2H])c1c[n+](C)c(-c2cn3c(C)c(C([2H])([2H])[2H])nc3n2C)cc1-c1ccccc1. The maximum atomic E-state index is 8.00. The van der Waals surface area contributed by atoms with Crippen LogP contribution in [-0.4, -0.2) is 14.0 Å². The van der Waals surface area contributed by atoms with Gasteiger partial charge in [0.1, 0.15) is 12.7 Å². The van der Waals surface area contributed by atoms with Crippen molar-refractivity contribution in [3.05, 3.63) is 65.7 Å². The van der Waals surface area contributed by atoms with Crippen LogP contribution in [0.15, 0.2) is 48.8 Å². The maximum Gasteiger partial charge on any atom is 0.231 e. The third kappa shape index (κ3) is 2.37. The summed E-state index contributed by atoms with van der Waals surface area (Å²) in [6.07, 6.45) is 3.48. The number of pyridine rings is 1. The highest BCUT2D eigenvalue weighted by Gasteiger charge is 2.21. The molecule has 4 rings (SSSR count). The second-order valence-electron chi connectivity index (χ2n) is 6.25. The van der Waals surface area contributed by atoms with E-state index in [0.717, 1.165) is 17.0 Å². The first-order valence-corrected chi connectivity index (χ1v) is 8.04. The molecule has 0 fully saturated rings. The van der Waals surface area contributed by atoms with Crippen molar-refractivity contribution >= 4 is 5.78 Å². The van der Waals surface area contributed by atoms with Gasteiger partial charge in [-0.25, -0.2) is 4.98 Å². The maximum absolute atomic E-state index is 8.00. The zero-order valence-electron chi connectivity index (χ0n) is 20.4. The Bertz CT molecular complexity index is 1280. The molecule has 0 aliphatic rings. The Morgan fingerprint density at radius 1 is 1.16 bits per heavy atom. The first kappa shape index (κ1) is 10.2. The van der Waals surface area contributed by atoms with E-state index in [0.29, 0.717) is 17.0 Å². The second kappa shape index (κ2) is 5.59. The Labute approximate surface area is 156 Å². The highest BCUT2D eigenvalue weighted by molar-refractivity contribution is 5.71. The Balaban J connectivity index is 1.97. The van der Waals surface area contributed by atoms with Gasteiger partial charge in [-0.05, 0) is 31.8 Å². The van der Waals surface area contributed by atoms with E-state index in [-0.39, 0.29) is 11.3 Å². The molecular weight excluding hydrogens is 308 g/mol. The van der Waals surface area contributed by atoms with Crippen LogP contribution in [0.5, 0.6) is 0 Å². The summed E-state index contributed by atoms with van der Waals surface area (Å²) in [5.41, 5.74) is 3.93. The van der Waals surface area contributed by atoms with Crippen LogP contribution in [0.2, 0.25) is 0 Å². The number of imidazole rings is 2. The van der Waals surface area contributed by atoms with Crippen molar-refractivity contribution in [1.29, 1.82) is 0 Å². The molecule has 4 aromatic rings. The first-order valence-electron chi connectivity index (χ1n) is 11.0. The highest BCUT2D eigenvalue weighted by Crippen LogP contribution is 2.28. The van der Waals surface area contributed by atoms with Crippen molar-refractivity contribution in [2.24, 2.45) is 14.1 Å². The number of hydrogen-bond acceptors (Lipinski definition) is 1. The van der Waals surface area contributed by atoms with Gasteiger partial charge in [0.25, 0.3) is 0 Å². The lowest BCUT2D eigenvalue weighted by Crippen LogP contribution is -2.31. The van der Waals surface area contributed by atoms with E-state index in [4.69, 9.17) is 8.22 Å². The molecule has 3 heterocycles. The molecule has 0 amide bonds. The molecule has 0 aliphatic heterocycles. The predicted octanol–water partition coefficient (Wildman–Crippen LogP) is 3.76. The number of nitrogens with zero attached hydrogens (tertiary/aromatic N) is 4. The van der Waals surface area contributed by atoms with Gasteiger partial charge in [-0.2, -0.15) is 4.57 Å². The van der Waals surface area contributed by atoms with Crippen LogP contribution in [0.1, 0.15) is 25.2 Å². The van der Waals surface area contributed by atoms with Gasteiger partial charge in [-0.15, -0.1) is 0 Å². The Morgan fingerprint density at radius 3 is 2.64 bits per heavy atom. The van der Waals surface area contributed by atoms with Gasteiger partial charge in [-0.1, -0.05) is 30.3 Å². The summed E-state index contributed by atoms with van der Waals surface area (Å²) in [4.78, 5) is 4.36. The van der Waals surface area contributed by atoms with E-state index in [1.54, 1.807) is 29.1 Å². The van der Waals surface area contributed by atoms with Gasteiger partial charge in [0, 0.05) is 38.8 Å². The molecule has 0 atom stereocenters. The molecule has 0 saturated carbocycles. The minimum absolute atomic E-state index is 0.0803. The minimum Gasteiger partial charge on any atom is -0.308 e. The molecule has 0 unspecified atom stereocenters. The molecule has 0 bridgehead atoms. The lowest BCUT2D eigenvalue weighted by Gasteiger charge is -2.08. The molecule has 1 aromatic carbocycles. The summed E-state index contributed by atoms with van der Waals surface area (Å²) in [6, 6.07) is 11.3. The van der Waals surface area contributed by atoms with Gasteiger partial charge in [0.15, 0.2) is 6.20 Å². The molecule has 25 heavy (non-hydrogen) atoms. The number of rotatable bonds is 2. The molecule has 3 aromatic heterocycles. The minimum atomic E-state index is -2.29. The lowest BCUT2D eigenvalue weighted by atomic mass is 10.0. The van der Waals surface area contributed by atoms with Crippen molar-refractivity contribution in [3.8, 4) is 22.5 Å². The summed E-state index contributed by atoms with van der Waals surface area (Å²) in [5.74, 6) is 0.514. The van der Waals surface area contributed by atoms with E-state index in [1.165, 1.54) is 0 Å². The van der Waals surface area contributed by atoms with Crippen LogP contribution < -0.4 is 4.57 Å². The Morgan fingerprint density at radius 2 is 1.96 bits per heavy atom. The van der Waals surface area contributed by atoms with Crippen LogP contribution >= 0.6 is 0 Å². The fraction of sp³-hybridized carbons (Fsp3) is 0.238. The monoisotopic (exact) mass is 337 g/mol. The van der Waals surface area contributed by atoms with E-state index in [9.17, 15) is 0 Å². The molecule has 126 valence electrons. The standard InChI is InChI=1S/C21H23N4/c1-14-12-23(4)19(11-18(14)17-9-7-6-8-10-17)20-13-25-16(3)15(2)22-21(25)24(20)5/h6-13H,1-5H3/q+1/i1D3,2D3. The molecular formula is C21H23N4+. The summed E-state index contributed by atoms with van der Waals surface area (Å²) in [5, 5.41) is 0. The van der Waals surface area contributed by atoms with E-state index in [2.05, 4.69) is 4.98 Å². The smallest absolute Gasteiger partial charge is 0.231 e. The number of fused-ring (bicyclic) bond motifs is 1. The average molecular weight is 337 g/mol. The van der Waals surface area contributed by atoms with Crippen LogP contribution in [0.25, 0.3) is 28.3 Å². The summed E-state index contributed by atoms with van der Waals surface area (Å²) < 4.78 is 52.5. The molecule has 0 radical (unpaired) electrons. The number of benzene rings is 1. The van der Waals surface area contributed by atoms with E-state index < -0.39 is 13.7 Å². The van der Waals surface area contributed by atoms with E-state index in [1.807, 2.05) is 54.2 Å². The summed E-state index contributed by atoms with van der Waals surface area (Å²) in [6.45, 7) is -2.82. The van der Waals surface area contributed by atoms with Gasteiger partial charge in [-0.3, -0.25) is 4.40 Å². The van der Waals surface area contributed by atoms with Crippen LogP contribution in [0.3, 0.4) is 0 Å². The van der Waals surface area contributed by atoms with Crippen molar-refractivity contribution in [2.45, 2.75) is 20.6 Å². The molecule has 4 heteroatoms. The fourth-order valence-corrected chi connectivity index (χ4v) is 3.20. The largest absolute Gasteiger partial charge is 0.308 e. The zero-order chi connectivity index (χ0) is 22.7. The third-order valence-electron chi connectivity index (χ3n) is 4.67. The summed E-state index contributed by atoms with van der Waals surface area (Å²) >= 11 is 0. The van der Waals surface area contributed by atoms with Crippen LogP contribution in [0, 0.1) is 20.6 Å². The van der Waals surface area contributed by atoms with Gasteiger partial charge < -0.3 is 4.57 Å². The normalized spacial score (nSPS) is 16.0. The highest BCUT2D eigenvalue weighted by atomic mass is 15.2. The van der Waals surface area contributed by atoms with Crippen molar-refractivity contribution in [3.63, 3.8) is 0 Å². The van der Waals surface area contributed by atoms with Crippen molar-refractivity contribution in [2.75, 3.05) is 0 Å². The number of hydrogen-bond donors (Lipinski definition) is 0. The van der Waals surface area contributed by atoms with Gasteiger partial charge in [0.05, 0.1) is 5.69 Å². The molecule has 0 spiro atoms. The van der Waals surface area contributed by atoms with Crippen molar-refractivity contribution < 1.29 is 12.8 Å². The average Bonchev–Trinajstić information content (AvgIpc) is 3.18. The third-order valence-corrected chi connectivity index (χ3v) is 4.67. The summed E-state index contributed by atoms with van der Waals surface area (Å²) in [7, 11) is 3.62. The number of aryl methyl sites for hydroxylation is 5. The topological polar surface area (TPSA) is 26.1 Å². The molecule has 0 saturated heterocycles.